The molecule has 2 aromatic heterocycles. The summed E-state index contributed by atoms with van der Waals surface area (Å²) in [6.07, 6.45) is 0.711. The van der Waals surface area contributed by atoms with Gasteiger partial charge in [-0.05, 0) is 42.8 Å². The Balaban J connectivity index is 1.74. The molecule has 0 fully saturated rings. The number of halogens is 1. The average molecular weight is 366 g/mol. The van der Waals surface area contributed by atoms with E-state index in [2.05, 4.69) is 30.4 Å². The third-order valence-corrected chi connectivity index (χ3v) is 5.07. The van der Waals surface area contributed by atoms with E-state index in [0.717, 1.165) is 32.6 Å². The van der Waals surface area contributed by atoms with Crippen LogP contribution in [0.15, 0.2) is 60.7 Å². The van der Waals surface area contributed by atoms with Crippen LogP contribution in [0.25, 0.3) is 10.2 Å². The van der Waals surface area contributed by atoms with Crippen LogP contribution in [0.3, 0.4) is 0 Å². The smallest absolute Gasteiger partial charge is 0.142 e. The Morgan fingerprint density at radius 3 is 2.52 bits per heavy atom. The quantitative estimate of drug-likeness (QED) is 0.482. The lowest BCUT2D eigenvalue weighted by Gasteiger charge is -2.09. The maximum Gasteiger partial charge on any atom is 0.142 e. The molecule has 0 aliphatic rings. The summed E-state index contributed by atoms with van der Waals surface area (Å²) in [5.41, 5.74) is 2.16. The topological polar surface area (TPSA) is 37.8 Å². The predicted molar refractivity (Wildman–Crippen MR) is 106 cm³/mol. The summed E-state index contributed by atoms with van der Waals surface area (Å²) in [4.78, 5) is 11.8. The van der Waals surface area contributed by atoms with Crippen molar-refractivity contribution in [2.45, 2.75) is 13.3 Å². The van der Waals surface area contributed by atoms with Crippen molar-refractivity contribution in [2.24, 2.45) is 0 Å². The van der Waals surface area contributed by atoms with Crippen molar-refractivity contribution in [3.8, 4) is 0 Å². The Kier molecular flexibility index (Phi) is 4.38. The van der Waals surface area contributed by atoms with E-state index in [9.17, 15) is 0 Å². The molecule has 25 heavy (non-hydrogen) atoms. The molecule has 0 aliphatic carbocycles. The zero-order chi connectivity index (χ0) is 17.2. The highest BCUT2D eigenvalue weighted by Gasteiger charge is 2.11. The number of nitrogens with one attached hydrogen (secondary N) is 1. The maximum atomic E-state index is 5.98. The molecular weight excluding hydrogens is 350 g/mol. The molecule has 2 aromatic carbocycles. The second-order valence-electron chi connectivity index (χ2n) is 5.86. The summed E-state index contributed by atoms with van der Waals surface area (Å²) in [5, 5.41) is 5.18. The number of anilines is 2. The fourth-order valence-corrected chi connectivity index (χ4v) is 3.73. The fourth-order valence-electron chi connectivity index (χ4n) is 2.71. The van der Waals surface area contributed by atoms with E-state index in [-0.39, 0.29) is 0 Å². The molecule has 124 valence electrons. The number of hydrogen-bond donors (Lipinski definition) is 1. The molecule has 0 spiro atoms. The fraction of sp³-hybridized carbons (Fsp3) is 0.100. The van der Waals surface area contributed by atoms with Gasteiger partial charge in [0, 0.05) is 22.0 Å². The summed E-state index contributed by atoms with van der Waals surface area (Å²) in [5.74, 6) is 1.65. The third kappa shape index (κ3) is 3.65. The van der Waals surface area contributed by atoms with E-state index < -0.39 is 0 Å². The lowest BCUT2D eigenvalue weighted by Crippen LogP contribution is -2.01. The van der Waals surface area contributed by atoms with Crippen molar-refractivity contribution in [3.05, 3.63) is 82.0 Å². The highest BCUT2D eigenvalue weighted by Crippen LogP contribution is 2.31. The first-order chi connectivity index (χ1) is 12.2. The van der Waals surface area contributed by atoms with Gasteiger partial charge in [0.2, 0.25) is 0 Å². The lowest BCUT2D eigenvalue weighted by molar-refractivity contribution is 1.000. The van der Waals surface area contributed by atoms with Crippen LogP contribution in [-0.2, 0) is 6.42 Å². The summed E-state index contributed by atoms with van der Waals surface area (Å²) in [7, 11) is 0. The van der Waals surface area contributed by atoms with Crippen molar-refractivity contribution in [1.29, 1.82) is 0 Å². The van der Waals surface area contributed by atoms with Crippen molar-refractivity contribution in [2.75, 3.05) is 5.32 Å². The number of thiophene rings is 1. The Morgan fingerprint density at radius 2 is 1.76 bits per heavy atom. The van der Waals surface area contributed by atoms with Crippen molar-refractivity contribution in [3.63, 3.8) is 0 Å². The number of fused-ring (bicyclic) bond motifs is 1. The van der Waals surface area contributed by atoms with E-state index in [0.29, 0.717) is 6.42 Å². The second-order valence-corrected chi connectivity index (χ2v) is 7.53. The van der Waals surface area contributed by atoms with Gasteiger partial charge in [-0.1, -0.05) is 41.9 Å². The number of nitrogens with zero attached hydrogens (tertiary/aromatic N) is 2. The minimum Gasteiger partial charge on any atom is -0.340 e. The molecule has 0 amide bonds. The highest BCUT2D eigenvalue weighted by atomic mass is 35.5. The van der Waals surface area contributed by atoms with Crippen molar-refractivity contribution in [1.82, 2.24) is 9.97 Å². The minimum absolute atomic E-state index is 0.711. The molecule has 0 saturated heterocycles. The first-order valence-electron chi connectivity index (χ1n) is 8.01. The summed E-state index contributed by atoms with van der Waals surface area (Å²) in [6, 6.07) is 20.1. The molecule has 4 rings (SSSR count). The molecule has 0 unspecified atom stereocenters. The van der Waals surface area contributed by atoms with Gasteiger partial charge in [-0.2, -0.15) is 0 Å². The van der Waals surface area contributed by atoms with E-state index in [1.54, 1.807) is 11.3 Å². The average Bonchev–Trinajstić information content (AvgIpc) is 2.98. The van der Waals surface area contributed by atoms with Crippen LogP contribution in [0.5, 0.6) is 0 Å². The zero-order valence-electron chi connectivity index (χ0n) is 13.7. The summed E-state index contributed by atoms with van der Waals surface area (Å²) < 4.78 is 0. The largest absolute Gasteiger partial charge is 0.340 e. The Morgan fingerprint density at radius 1 is 1.00 bits per heavy atom. The molecule has 5 heteroatoms. The minimum atomic E-state index is 0.711. The van der Waals surface area contributed by atoms with Crippen LogP contribution in [0.1, 0.15) is 16.3 Å². The Hall–Kier alpha value is -2.43. The van der Waals surface area contributed by atoms with Crippen LogP contribution in [0.4, 0.5) is 11.5 Å². The molecule has 0 bridgehead atoms. The molecule has 0 radical (unpaired) electrons. The Bertz CT molecular complexity index is 1010. The number of benzene rings is 2. The van der Waals surface area contributed by atoms with Crippen molar-refractivity contribution >= 4 is 44.7 Å². The van der Waals surface area contributed by atoms with Crippen LogP contribution < -0.4 is 5.32 Å². The first kappa shape index (κ1) is 16.1. The van der Waals surface area contributed by atoms with Crippen molar-refractivity contribution < 1.29 is 0 Å². The van der Waals surface area contributed by atoms with Gasteiger partial charge in [-0.25, -0.2) is 9.97 Å². The molecular formula is C20H16ClN3S. The molecule has 0 aliphatic heterocycles. The van der Waals surface area contributed by atoms with Gasteiger partial charge in [-0.3, -0.25) is 0 Å². The molecule has 0 atom stereocenters. The maximum absolute atomic E-state index is 5.98. The van der Waals surface area contributed by atoms with Gasteiger partial charge in [0.25, 0.3) is 0 Å². The van der Waals surface area contributed by atoms with E-state index in [1.165, 1.54) is 10.4 Å². The summed E-state index contributed by atoms with van der Waals surface area (Å²) in [6.45, 7) is 2.09. The number of hydrogen-bond acceptors (Lipinski definition) is 4. The van der Waals surface area contributed by atoms with E-state index in [4.69, 9.17) is 21.6 Å². The molecule has 1 N–H and O–H groups in total. The van der Waals surface area contributed by atoms with Gasteiger partial charge in [0.1, 0.15) is 16.5 Å². The van der Waals surface area contributed by atoms with E-state index in [1.807, 2.05) is 42.5 Å². The predicted octanol–water partition coefficient (Wildman–Crippen LogP) is 5.99. The van der Waals surface area contributed by atoms with Gasteiger partial charge in [0.15, 0.2) is 0 Å². The van der Waals surface area contributed by atoms with Crippen LogP contribution >= 0.6 is 22.9 Å². The standard InChI is InChI=1S/C20H16ClN3S/c1-13-11-17-19(22-16-9-7-15(21)8-10-16)23-18(24-20(17)25-13)12-14-5-3-2-4-6-14/h2-11H,12H2,1H3,(H,22,23,24). The first-order valence-corrected chi connectivity index (χ1v) is 9.20. The Labute approximate surface area is 155 Å². The van der Waals surface area contributed by atoms with E-state index >= 15 is 0 Å². The number of aromatic nitrogens is 2. The third-order valence-electron chi connectivity index (χ3n) is 3.87. The molecule has 4 aromatic rings. The van der Waals surface area contributed by atoms with Crippen LogP contribution in [0.2, 0.25) is 5.02 Å². The number of aryl methyl sites for hydroxylation is 1. The SMILES string of the molecule is Cc1cc2c(Nc3ccc(Cl)cc3)nc(Cc3ccccc3)nc2s1. The van der Waals surface area contributed by atoms with Gasteiger partial charge in [-0.15, -0.1) is 11.3 Å². The molecule has 2 heterocycles. The molecule has 0 saturated carbocycles. The highest BCUT2D eigenvalue weighted by molar-refractivity contribution is 7.18. The second kappa shape index (κ2) is 6.82. The monoisotopic (exact) mass is 365 g/mol. The number of rotatable bonds is 4. The van der Waals surface area contributed by atoms with Gasteiger partial charge in [0.05, 0.1) is 5.39 Å². The molecule has 3 nitrogen and oxygen atoms in total. The zero-order valence-corrected chi connectivity index (χ0v) is 15.2. The normalized spacial score (nSPS) is 11.0. The summed E-state index contributed by atoms with van der Waals surface area (Å²) >= 11 is 7.67. The van der Waals surface area contributed by atoms with Crippen LogP contribution in [0, 0.1) is 6.92 Å². The van der Waals surface area contributed by atoms with Gasteiger partial charge >= 0.3 is 0 Å². The van der Waals surface area contributed by atoms with Gasteiger partial charge < -0.3 is 5.32 Å². The lowest BCUT2D eigenvalue weighted by atomic mass is 10.1. The van der Waals surface area contributed by atoms with Crippen LogP contribution in [-0.4, -0.2) is 9.97 Å².